The van der Waals surface area contributed by atoms with E-state index in [1.54, 1.807) is 0 Å². The maximum Gasteiger partial charge on any atom is 0.238 e. The topological polar surface area (TPSA) is 41.6 Å². The summed E-state index contributed by atoms with van der Waals surface area (Å²) >= 11 is 0. The number of amides is 1. The van der Waals surface area contributed by atoms with E-state index in [9.17, 15) is 4.79 Å². The third kappa shape index (κ3) is 5.34. The van der Waals surface area contributed by atoms with Crippen LogP contribution in [-0.4, -0.2) is 37.0 Å². The van der Waals surface area contributed by atoms with Crippen molar-refractivity contribution in [3.63, 3.8) is 0 Å². The zero-order valence-electron chi connectivity index (χ0n) is 14.0. The Morgan fingerprint density at radius 1 is 1.32 bits per heavy atom. The largest absolute Gasteiger partial charge is 0.491 e. The number of hydrogen-bond acceptors (Lipinski definition) is 3. The van der Waals surface area contributed by atoms with Crippen molar-refractivity contribution in [2.75, 3.05) is 31.6 Å². The van der Waals surface area contributed by atoms with Crippen molar-refractivity contribution in [1.29, 1.82) is 0 Å². The zero-order chi connectivity index (χ0) is 15.9. The van der Waals surface area contributed by atoms with Gasteiger partial charge in [0.05, 0.1) is 18.8 Å². The highest BCUT2D eigenvalue weighted by molar-refractivity contribution is 5.93. The van der Waals surface area contributed by atoms with E-state index in [4.69, 9.17) is 4.74 Å². The van der Waals surface area contributed by atoms with Gasteiger partial charge in [-0.2, -0.15) is 0 Å². The number of rotatable bonds is 6. The van der Waals surface area contributed by atoms with Gasteiger partial charge < -0.3 is 10.1 Å². The van der Waals surface area contributed by atoms with Crippen LogP contribution < -0.4 is 10.1 Å². The fourth-order valence-corrected chi connectivity index (χ4v) is 2.57. The Morgan fingerprint density at radius 3 is 2.68 bits per heavy atom. The van der Waals surface area contributed by atoms with Crippen molar-refractivity contribution in [3.8, 4) is 5.75 Å². The molecule has 0 atom stereocenters. The number of para-hydroxylation sites is 2. The second-order valence-corrected chi connectivity index (χ2v) is 6.71. The van der Waals surface area contributed by atoms with Crippen molar-refractivity contribution in [2.24, 2.45) is 11.8 Å². The number of hydrogen-bond donors (Lipinski definition) is 1. The van der Waals surface area contributed by atoms with Gasteiger partial charge in [-0.1, -0.05) is 32.9 Å². The normalized spacial score (nSPS) is 16.7. The fraction of sp³-hybridized carbons (Fsp3) is 0.611. The van der Waals surface area contributed by atoms with Crippen molar-refractivity contribution < 1.29 is 9.53 Å². The Balaban J connectivity index is 1.88. The molecule has 0 bridgehead atoms. The van der Waals surface area contributed by atoms with Gasteiger partial charge in [0.15, 0.2) is 0 Å². The minimum absolute atomic E-state index is 0.0372. The quantitative estimate of drug-likeness (QED) is 0.876. The summed E-state index contributed by atoms with van der Waals surface area (Å²) in [4.78, 5) is 14.5. The molecule has 1 N–H and O–H groups in total. The van der Waals surface area contributed by atoms with Crippen molar-refractivity contribution in [1.82, 2.24) is 4.90 Å². The van der Waals surface area contributed by atoms with Crippen LogP contribution in [0.5, 0.6) is 5.75 Å². The fourth-order valence-electron chi connectivity index (χ4n) is 2.57. The average Bonchev–Trinajstić information content (AvgIpc) is 2.48. The third-order valence-electron chi connectivity index (χ3n) is 3.98. The van der Waals surface area contributed by atoms with E-state index in [-0.39, 0.29) is 5.91 Å². The summed E-state index contributed by atoms with van der Waals surface area (Å²) in [5.74, 6) is 2.02. The van der Waals surface area contributed by atoms with E-state index in [2.05, 4.69) is 31.0 Å². The molecule has 122 valence electrons. The molecule has 0 saturated carbocycles. The van der Waals surface area contributed by atoms with Crippen LogP contribution in [0.25, 0.3) is 0 Å². The van der Waals surface area contributed by atoms with Gasteiger partial charge in [-0.15, -0.1) is 0 Å². The average molecular weight is 304 g/mol. The summed E-state index contributed by atoms with van der Waals surface area (Å²) in [6.45, 7) is 9.64. The molecule has 1 aliphatic heterocycles. The van der Waals surface area contributed by atoms with Crippen LogP contribution >= 0.6 is 0 Å². The number of ether oxygens (including phenoxy) is 1. The molecule has 1 heterocycles. The lowest BCUT2D eigenvalue weighted by Crippen LogP contribution is -2.38. The van der Waals surface area contributed by atoms with Crippen LogP contribution in [-0.2, 0) is 4.79 Å². The number of piperidine rings is 1. The lowest BCUT2D eigenvalue weighted by molar-refractivity contribution is -0.117. The van der Waals surface area contributed by atoms with Crippen LogP contribution in [0.4, 0.5) is 5.69 Å². The van der Waals surface area contributed by atoms with Crippen LogP contribution in [0, 0.1) is 11.8 Å². The molecule has 0 aliphatic carbocycles. The number of anilines is 1. The van der Waals surface area contributed by atoms with Gasteiger partial charge in [-0.05, 0) is 49.9 Å². The van der Waals surface area contributed by atoms with E-state index in [0.717, 1.165) is 30.4 Å². The number of benzene rings is 1. The first-order valence-electron chi connectivity index (χ1n) is 8.28. The number of likely N-dealkylation sites (tertiary alicyclic amines) is 1. The van der Waals surface area contributed by atoms with Crippen molar-refractivity contribution in [3.05, 3.63) is 24.3 Å². The molecule has 0 radical (unpaired) electrons. The molecule has 0 aromatic heterocycles. The summed E-state index contributed by atoms with van der Waals surface area (Å²) in [5.41, 5.74) is 0.763. The molecule has 22 heavy (non-hydrogen) atoms. The number of nitrogens with zero attached hydrogens (tertiary/aromatic N) is 1. The van der Waals surface area contributed by atoms with Gasteiger partial charge in [0.1, 0.15) is 5.75 Å². The lowest BCUT2D eigenvalue weighted by Gasteiger charge is -2.29. The molecule has 1 aromatic rings. The van der Waals surface area contributed by atoms with Gasteiger partial charge in [0, 0.05) is 0 Å². The van der Waals surface area contributed by atoms with E-state index in [0.29, 0.717) is 19.1 Å². The number of carbonyl (C=O) groups is 1. The van der Waals surface area contributed by atoms with E-state index >= 15 is 0 Å². The summed E-state index contributed by atoms with van der Waals surface area (Å²) in [6.07, 6.45) is 2.36. The Morgan fingerprint density at radius 2 is 2.00 bits per heavy atom. The third-order valence-corrected chi connectivity index (χ3v) is 3.98. The first-order chi connectivity index (χ1) is 10.5. The predicted octanol–water partition coefficient (Wildman–Crippen LogP) is 3.39. The van der Waals surface area contributed by atoms with Crippen LogP contribution in [0.15, 0.2) is 24.3 Å². The maximum absolute atomic E-state index is 12.2. The molecular weight excluding hydrogens is 276 g/mol. The van der Waals surface area contributed by atoms with Crippen molar-refractivity contribution >= 4 is 11.6 Å². The summed E-state index contributed by atoms with van der Waals surface area (Å²) in [6, 6.07) is 7.64. The summed E-state index contributed by atoms with van der Waals surface area (Å²) in [7, 11) is 0. The second kappa shape index (κ2) is 8.18. The van der Waals surface area contributed by atoms with Crippen LogP contribution in [0.1, 0.15) is 33.6 Å². The molecule has 4 heteroatoms. The molecule has 0 spiro atoms. The summed E-state index contributed by atoms with van der Waals surface area (Å²) < 4.78 is 5.78. The molecule has 1 aliphatic rings. The minimum atomic E-state index is 0.0372. The standard InChI is InChI=1S/C18H28N2O2/c1-14(2)13-22-17-7-5-4-6-16(17)19-18(21)12-20-10-8-15(3)9-11-20/h4-7,14-15H,8-13H2,1-3H3,(H,19,21). The van der Waals surface area contributed by atoms with Gasteiger partial charge in [0.25, 0.3) is 0 Å². The molecule has 1 amide bonds. The Kier molecular flexibility index (Phi) is 6.25. The monoisotopic (exact) mass is 304 g/mol. The highest BCUT2D eigenvalue weighted by atomic mass is 16.5. The molecular formula is C18H28N2O2. The first-order valence-corrected chi connectivity index (χ1v) is 8.28. The first kappa shape index (κ1) is 16.8. The van der Waals surface area contributed by atoms with Gasteiger partial charge in [0.2, 0.25) is 5.91 Å². The van der Waals surface area contributed by atoms with Crippen LogP contribution in [0.3, 0.4) is 0 Å². The Hall–Kier alpha value is -1.55. The smallest absolute Gasteiger partial charge is 0.238 e. The van der Waals surface area contributed by atoms with Crippen molar-refractivity contribution in [2.45, 2.75) is 33.6 Å². The second-order valence-electron chi connectivity index (χ2n) is 6.71. The molecule has 1 fully saturated rings. The highest BCUT2D eigenvalue weighted by Gasteiger charge is 2.18. The molecule has 1 aromatic carbocycles. The highest BCUT2D eigenvalue weighted by Crippen LogP contribution is 2.24. The Bertz CT molecular complexity index is 480. The number of nitrogens with one attached hydrogen (secondary N) is 1. The minimum Gasteiger partial charge on any atom is -0.491 e. The van der Waals surface area contributed by atoms with Gasteiger partial charge in [-0.3, -0.25) is 9.69 Å². The van der Waals surface area contributed by atoms with Gasteiger partial charge in [-0.25, -0.2) is 0 Å². The number of carbonyl (C=O) groups excluding carboxylic acids is 1. The maximum atomic E-state index is 12.2. The van der Waals surface area contributed by atoms with E-state index in [1.807, 2.05) is 24.3 Å². The Labute approximate surface area is 133 Å². The predicted molar refractivity (Wildman–Crippen MR) is 90.2 cm³/mol. The zero-order valence-corrected chi connectivity index (χ0v) is 14.0. The lowest BCUT2D eigenvalue weighted by atomic mass is 9.99. The van der Waals surface area contributed by atoms with Gasteiger partial charge >= 0.3 is 0 Å². The molecule has 4 nitrogen and oxygen atoms in total. The van der Waals surface area contributed by atoms with E-state index in [1.165, 1.54) is 12.8 Å². The van der Waals surface area contributed by atoms with E-state index < -0.39 is 0 Å². The molecule has 0 unspecified atom stereocenters. The molecule has 1 saturated heterocycles. The summed E-state index contributed by atoms with van der Waals surface area (Å²) in [5, 5.41) is 2.99. The van der Waals surface area contributed by atoms with Crippen LogP contribution in [0.2, 0.25) is 0 Å². The molecule has 2 rings (SSSR count). The SMILES string of the molecule is CC(C)COc1ccccc1NC(=O)CN1CCC(C)CC1.